The molecule has 1 unspecified atom stereocenters. The summed E-state index contributed by atoms with van der Waals surface area (Å²) in [5, 5.41) is 10.8. The monoisotopic (exact) mass is 256 g/mol. The van der Waals surface area contributed by atoms with Crippen molar-refractivity contribution in [2.45, 2.75) is 37.4 Å². The second-order valence-electron chi connectivity index (χ2n) is 4.58. The van der Waals surface area contributed by atoms with Gasteiger partial charge in [0.2, 0.25) is 0 Å². The normalized spacial score (nSPS) is 17.3. The topological polar surface area (TPSA) is 62.7 Å². The summed E-state index contributed by atoms with van der Waals surface area (Å²) >= 11 is 1.65. The number of aromatic nitrogens is 3. The molecule has 1 aliphatic rings. The van der Waals surface area contributed by atoms with Crippen LogP contribution in [0.5, 0.6) is 0 Å². The number of rotatable bonds is 7. The van der Waals surface area contributed by atoms with E-state index in [4.69, 9.17) is 0 Å². The van der Waals surface area contributed by atoms with Crippen LogP contribution in [-0.4, -0.2) is 33.1 Å². The van der Waals surface area contributed by atoms with Crippen molar-refractivity contribution in [3.63, 3.8) is 0 Å². The van der Waals surface area contributed by atoms with E-state index < -0.39 is 0 Å². The van der Waals surface area contributed by atoms with Gasteiger partial charge in [-0.1, -0.05) is 18.7 Å². The van der Waals surface area contributed by atoms with Crippen molar-refractivity contribution in [1.82, 2.24) is 20.1 Å². The highest BCUT2D eigenvalue weighted by Crippen LogP contribution is 2.34. The molecule has 1 aliphatic carbocycles. The molecule has 5 nitrogen and oxygen atoms in total. The third kappa shape index (κ3) is 3.35. The van der Waals surface area contributed by atoms with E-state index in [1.165, 1.54) is 12.8 Å². The zero-order chi connectivity index (χ0) is 12.3. The fourth-order valence-electron chi connectivity index (χ4n) is 1.82. The van der Waals surface area contributed by atoms with E-state index in [9.17, 15) is 4.79 Å². The lowest BCUT2D eigenvalue weighted by molar-refractivity contribution is 0.502. The highest BCUT2D eigenvalue weighted by atomic mass is 32.2. The number of nitrogens with one attached hydrogen (secondary N) is 2. The summed E-state index contributed by atoms with van der Waals surface area (Å²) in [5.41, 5.74) is -0.142. The molecule has 0 bridgehead atoms. The first-order valence-electron chi connectivity index (χ1n) is 6.20. The van der Waals surface area contributed by atoms with Crippen molar-refractivity contribution < 1.29 is 0 Å². The number of hydrogen-bond acceptors (Lipinski definition) is 4. The maximum atomic E-state index is 11.2. The fourth-order valence-corrected chi connectivity index (χ4v) is 2.92. The molecule has 1 heterocycles. The molecular weight excluding hydrogens is 236 g/mol. The Bertz CT molecular complexity index is 410. The van der Waals surface area contributed by atoms with Gasteiger partial charge in [0.1, 0.15) is 0 Å². The lowest BCUT2D eigenvalue weighted by Crippen LogP contribution is -2.34. The van der Waals surface area contributed by atoms with Gasteiger partial charge >= 0.3 is 5.69 Å². The Hall–Kier alpha value is -0.750. The Balaban J connectivity index is 1.86. The minimum Gasteiger partial charge on any atom is -0.313 e. The highest BCUT2D eigenvalue weighted by molar-refractivity contribution is 7.99. The molecule has 0 aliphatic heterocycles. The molecule has 0 spiro atoms. The molecule has 1 fully saturated rings. The summed E-state index contributed by atoms with van der Waals surface area (Å²) in [4.78, 5) is 11.2. The molecule has 0 radical (unpaired) electrons. The maximum Gasteiger partial charge on any atom is 0.343 e. The molecule has 0 saturated heterocycles. The maximum absolute atomic E-state index is 11.2. The molecule has 17 heavy (non-hydrogen) atoms. The zero-order valence-electron chi connectivity index (χ0n) is 10.4. The van der Waals surface area contributed by atoms with E-state index >= 15 is 0 Å². The van der Waals surface area contributed by atoms with Gasteiger partial charge < -0.3 is 5.32 Å². The number of hydrogen-bond donors (Lipinski definition) is 2. The van der Waals surface area contributed by atoms with Gasteiger partial charge in [-0.25, -0.2) is 9.89 Å². The quantitative estimate of drug-likeness (QED) is 0.714. The van der Waals surface area contributed by atoms with E-state index in [1.54, 1.807) is 23.4 Å². The molecule has 2 N–H and O–H groups in total. The molecule has 0 aromatic carbocycles. The fraction of sp³-hybridized carbons (Fsp3) is 0.818. The lowest BCUT2D eigenvalue weighted by atomic mass is 10.2. The predicted molar refractivity (Wildman–Crippen MR) is 69.4 cm³/mol. The van der Waals surface area contributed by atoms with Crippen molar-refractivity contribution in [1.29, 1.82) is 0 Å². The summed E-state index contributed by atoms with van der Waals surface area (Å²) < 4.78 is 1.56. The Labute approximate surface area is 105 Å². The number of thioether (sulfide) groups is 1. The van der Waals surface area contributed by atoms with Gasteiger partial charge in [0.05, 0.1) is 0 Å². The molecular formula is C11H20N4OS. The average molecular weight is 256 g/mol. The molecule has 96 valence electrons. The minimum atomic E-state index is -0.142. The molecule has 1 aromatic rings. The number of aromatic amines is 1. The van der Waals surface area contributed by atoms with Gasteiger partial charge in [0.25, 0.3) is 0 Å². The van der Waals surface area contributed by atoms with Crippen molar-refractivity contribution in [2.75, 3.05) is 12.3 Å². The summed E-state index contributed by atoms with van der Waals surface area (Å²) in [6.07, 6.45) is 3.83. The van der Waals surface area contributed by atoms with Crippen molar-refractivity contribution in [3.8, 4) is 0 Å². The third-order valence-electron chi connectivity index (χ3n) is 3.08. The van der Waals surface area contributed by atoms with E-state index in [0.717, 1.165) is 29.8 Å². The van der Waals surface area contributed by atoms with Crippen LogP contribution in [0.2, 0.25) is 0 Å². The van der Waals surface area contributed by atoms with E-state index in [0.29, 0.717) is 6.04 Å². The van der Waals surface area contributed by atoms with Crippen LogP contribution < -0.4 is 11.0 Å². The van der Waals surface area contributed by atoms with Gasteiger partial charge in [0.15, 0.2) is 5.16 Å². The zero-order valence-corrected chi connectivity index (χ0v) is 11.2. The van der Waals surface area contributed by atoms with Crippen LogP contribution in [0.4, 0.5) is 0 Å². The van der Waals surface area contributed by atoms with E-state index in [-0.39, 0.29) is 5.69 Å². The standard InChI is InChI=1S/C11H20N4OS/c1-3-6-12-9(8-4-5-8)7-17-11-14-13-10(16)15(11)2/h8-9,12H,3-7H2,1-2H3,(H,13,16). The van der Waals surface area contributed by atoms with Crippen LogP contribution in [0.15, 0.2) is 9.95 Å². The van der Waals surface area contributed by atoms with Gasteiger partial charge in [0, 0.05) is 18.8 Å². The van der Waals surface area contributed by atoms with E-state index in [2.05, 4.69) is 22.4 Å². The Morgan fingerprint density at radius 1 is 1.65 bits per heavy atom. The average Bonchev–Trinajstić information content (AvgIpc) is 3.11. The molecule has 1 aromatic heterocycles. The van der Waals surface area contributed by atoms with Crippen LogP contribution in [0.1, 0.15) is 26.2 Å². The summed E-state index contributed by atoms with van der Waals surface area (Å²) in [6, 6.07) is 0.562. The van der Waals surface area contributed by atoms with Crippen molar-refractivity contribution in [2.24, 2.45) is 13.0 Å². The molecule has 0 amide bonds. The third-order valence-corrected chi connectivity index (χ3v) is 4.23. The second kappa shape index (κ2) is 5.73. The SMILES string of the molecule is CCCNC(CSc1n[nH]c(=O)n1C)C1CC1. The van der Waals surface area contributed by atoms with Crippen LogP contribution in [0.25, 0.3) is 0 Å². The van der Waals surface area contributed by atoms with Crippen LogP contribution in [0, 0.1) is 5.92 Å². The largest absolute Gasteiger partial charge is 0.343 e. The first-order chi connectivity index (χ1) is 8.22. The second-order valence-corrected chi connectivity index (χ2v) is 5.57. The number of H-pyrrole nitrogens is 1. The smallest absolute Gasteiger partial charge is 0.313 e. The van der Waals surface area contributed by atoms with Crippen LogP contribution in [0.3, 0.4) is 0 Å². The van der Waals surface area contributed by atoms with Gasteiger partial charge in [-0.2, -0.15) is 0 Å². The van der Waals surface area contributed by atoms with Gasteiger partial charge in [-0.3, -0.25) is 4.57 Å². The van der Waals surface area contributed by atoms with Crippen LogP contribution in [-0.2, 0) is 7.05 Å². The minimum absolute atomic E-state index is 0.142. The Morgan fingerprint density at radius 3 is 2.94 bits per heavy atom. The summed E-state index contributed by atoms with van der Waals surface area (Å²) in [7, 11) is 1.75. The lowest BCUT2D eigenvalue weighted by Gasteiger charge is -2.16. The summed E-state index contributed by atoms with van der Waals surface area (Å²) in [6.45, 7) is 3.25. The van der Waals surface area contributed by atoms with Crippen molar-refractivity contribution in [3.05, 3.63) is 10.5 Å². The Kier molecular flexibility index (Phi) is 4.28. The first-order valence-corrected chi connectivity index (χ1v) is 7.18. The summed E-state index contributed by atoms with van der Waals surface area (Å²) in [5.74, 6) is 1.81. The Morgan fingerprint density at radius 2 is 2.41 bits per heavy atom. The van der Waals surface area contributed by atoms with Gasteiger partial charge in [-0.05, 0) is 31.7 Å². The van der Waals surface area contributed by atoms with E-state index in [1.807, 2.05) is 0 Å². The van der Waals surface area contributed by atoms with Crippen LogP contribution >= 0.6 is 11.8 Å². The highest BCUT2D eigenvalue weighted by Gasteiger charge is 2.30. The first kappa shape index (κ1) is 12.7. The molecule has 2 rings (SSSR count). The van der Waals surface area contributed by atoms with Gasteiger partial charge in [-0.15, -0.1) is 5.10 Å². The molecule has 1 saturated carbocycles. The van der Waals surface area contributed by atoms with Crippen molar-refractivity contribution >= 4 is 11.8 Å². The molecule has 6 heteroatoms. The number of nitrogens with zero attached hydrogens (tertiary/aromatic N) is 2. The predicted octanol–water partition coefficient (Wildman–Crippen LogP) is 0.979. The molecule has 1 atom stereocenters.